The van der Waals surface area contributed by atoms with Gasteiger partial charge in [0.2, 0.25) is 0 Å². The molecule has 0 aliphatic rings. The summed E-state index contributed by atoms with van der Waals surface area (Å²) in [6.07, 6.45) is 4.61. The topological polar surface area (TPSA) is 38.8 Å². The Morgan fingerprint density at radius 3 is 2.14 bits per heavy atom. The summed E-state index contributed by atoms with van der Waals surface area (Å²) in [7, 11) is 1.60. The third-order valence-electron chi connectivity index (χ3n) is 2.21. The Bertz CT molecular complexity index is 179. The third-order valence-corrected chi connectivity index (χ3v) is 4.17. The van der Waals surface area contributed by atoms with Gasteiger partial charge in [-0.05, 0) is 13.5 Å². The smallest absolute Gasteiger partial charge is 0.300 e. The standard InChI is InChI=1S/C9H22NO3P/c1-5-6-7-8-9-10(2)14(11,12-3)13-4/h5-9H2,1-4H3. The summed E-state index contributed by atoms with van der Waals surface area (Å²) in [4.78, 5) is 0. The van der Waals surface area contributed by atoms with Gasteiger partial charge in [0.1, 0.15) is 0 Å². The normalized spacial score (nSPS) is 12.4. The molecule has 0 N–H and O–H groups in total. The number of nitrogens with zero attached hydrogens (tertiary/aromatic N) is 1. The minimum Gasteiger partial charge on any atom is -0.300 e. The lowest BCUT2D eigenvalue weighted by molar-refractivity contribution is 0.219. The monoisotopic (exact) mass is 223 g/mol. The molecule has 0 aromatic heterocycles. The van der Waals surface area contributed by atoms with Gasteiger partial charge in [0.05, 0.1) is 0 Å². The summed E-state index contributed by atoms with van der Waals surface area (Å²) in [5.41, 5.74) is 0. The Kier molecular flexibility index (Phi) is 7.47. The molecular weight excluding hydrogens is 201 g/mol. The Labute approximate surface area is 87.2 Å². The lowest BCUT2D eigenvalue weighted by Crippen LogP contribution is -2.18. The predicted octanol–water partition coefficient (Wildman–Crippen LogP) is 2.90. The van der Waals surface area contributed by atoms with E-state index >= 15 is 0 Å². The highest BCUT2D eigenvalue weighted by atomic mass is 31.2. The largest absolute Gasteiger partial charge is 0.407 e. The van der Waals surface area contributed by atoms with E-state index in [1.807, 2.05) is 0 Å². The molecule has 0 unspecified atom stereocenters. The second kappa shape index (κ2) is 7.41. The molecule has 0 atom stereocenters. The predicted molar refractivity (Wildman–Crippen MR) is 58.4 cm³/mol. The third kappa shape index (κ3) is 4.56. The van der Waals surface area contributed by atoms with E-state index in [0.717, 1.165) is 19.4 Å². The summed E-state index contributed by atoms with van der Waals surface area (Å²) in [5.74, 6) is 0. The van der Waals surface area contributed by atoms with E-state index < -0.39 is 7.75 Å². The highest BCUT2D eigenvalue weighted by Crippen LogP contribution is 2.49. The average molecular weight is 223 g/mol. The van der Waals surface area contributed by atoms with Gasteiger partial charge in [-0.25, -0.2) is 9.24 Å². The van der Waals surface area contributed by atoms with Crippen LogP contribution in [0.5, 0.6) is 0 Å². The molecule has 5 heteroatoms. The van der Waals surface area contributed by atoms with Crippen molar-refractivity contribution in [3.05, 3.63) is 0 Å². The van der Waals surface area contributed by atoms with E-state index in [1.54, 1.807) is 11.7 Å². The van der Waals surface area contributed by atoms with Crippen molar-refractivity contribution in [1.82, 2.24) is 4.67 Å². The summed E-state index contributed by atoms with van der Waals surface area (Å²) in [6.45, 7) is 2.91. The molecule has 0 spiro atoms. The van der Waals surface area contributed by atoms with E-state index in [0.29, 0.717) is 0 Å². The van der Waals surface area contributed by atoms with Crippen LogP contribution < -0.4 is 0 Å². The lowest BCUT2D eigenvalue weighted by Gasteiger charge is -2.23. The molecule has 14 heavy (non-hydrogen) atoms. The molecule has 0 saturated carbocycles. The van der Waals surface area contributed by atoms with Crippen molar-refractivity contribution in [2.45, 2.75) is 32.6 Å². The van der Waals surface area contributed by atoms with Crippen LogP contribution in [0.4, 0.5) is 0 Å². The molecule has 0 saturated heterocycles. The first-order valence-electron chi connectivity index (χ1n) is 5.03. The van der Waals surface area contributed by atoms with E-state index in [1.165, 1.54) is 27.1 Å². The van der Waals surface area contributed by atoms with E-state index in [9.17, 15) is 4.57 Å². The maximum absolute atomic E-state index is 11.8. The molecule has 0 aromatic carbocycles. The van der Waals surface area contributed by atoms with Gasteiger partial charge < -0.3 is 0 Å². The summed E-state index contributed by atoms with van der Waals surface area (Å²) in [6, 6.07) is 0. The minimum absolute atomic E-state index is 0.749. The van der Waals surface area contributed by atoms with Crippen LogP contribution in [0.2, 0.25) is 0 Å². The Hall–Kier alpha value is 0.110. The first-order chi connectivity index (χ1) is 6.60. The molecular formula is C9H22NO3P. The molecule has 0 bridgehead atoms. The summed E-state index contributed by atoms with van der Waals surface area (Å²) in [5, 5.41) is 0. The van der Waals surface area contributed by atoms with Crippen LogP contribution >= 0.6 is 7.75 Å². The molecule has 0 heterocycles. The molecule has 0 aliphatic heterocycles. The molecule has 86 valence electrons. The van der Waals surface area contributed by atoms with Gasteiger partial charge in [0.25, 0.3) is 0 Å². The number of rotatable bonds is 8. The molecule has 0 aliphatic carbocycles. The zero-order chi connectivity index (χ0) is 11.0. The molecule has 0 rings (SSSR count). The van der Waals surface area contributed by atoms with Gasteiger partial charge in [-0.3, -0.25) is 9.05 Å². The average Bonchev–Trinajstić information content (AvgIpc) is 2.22. The van der Waals surface area contributed by atoms with Crippen LogP contribution in [-0.2, 0) is 13.6 Å². The maximum atomic E-state index is 11.8. The fourth-order valence-electron chi connectivity index (χ4n) is 1.24. The van der Waals surface area contributed by atoms with Gasteiger partial charge in [-0.2, -0.15) is 0 Å². The van der Waals surface area contributed by atoms with Crippen molar-refractivity contribution in [3.63, 3.8) is 0 Å². The van der Waals surface area contributed by atoms with Crippen LogP contribution in [0.15, 0.2) is 0 Å². The van der Waals surface area contributed by atoms with Crippen molar-refractivity contribution in [1.29, 1.82) is 0 Å². The Balaban J connectivity index is 3.82. The first-order valence-corrected chi connectivity index (χ1v) is 6.53. The van der Waals surface area contributed by atoms with Gasteiger partial charge >= 0.3 is 7.75 Å². The fraction of sp³-hybridized carbons (Fsp3) is 1.00. The van der Waals surface area contributed by atoms with Crippen molar-refractivity contribution in [3.8, 4) is 0 Å². The minimum atomic E-state index is -2.99. The molecule has 0 aromatic rings. The van der Waals surface area contributed by atoms with Gasteiger partial charge in [-0.15, -0.1) is 0 Å². The highest BCUT2D eigenvalue weighted by Gasteiger charge is 2.26. The molecule has 4 nitrogen and oxygen atoms in total. The molecule has 0 fully saturated rings. The number of hydrogen-bond acceptors (Lipinski definition) is 3. The maximum Gasteiger partial charge on any atom is 0.407 e. The lowest BCUT2D eigenvalue weighted by atomic mass is 10.2. The molecule has 0 amide bonds. The SMILES string of the molecule is CCCCCCN(C)P(=O)(OC)OC. The van der Waals surface area contributed by atoms with Crippen LogP contribution in [0, 0.1) is 0 Å². The van der Waals surface area contributed by atoms with Gasteiger partial charge in [-0.1, -0.05) is 26.2 Å². The Morgan fingerprint density at radius 2 is 1.71 bits per heavy atom. The van der Waals surface area contributed by atoms with E-state index in [-0.39, 0.29) is 0 Å². The fourth-order valence-corrected chi connectivity index (χ4v) is 2.34. The molecule has 0 radical (unpaired) electrons. The summed E-state index contributed by atoms with van der Waals surface area (Å²) < 4.78 is 23.2. The first kappa shape index (κ1) is 14.1. The van der Waals surface area contributed by atoms with Crippen LogP contribution in [0.1, 0.15) is 32.6 Å². The van der Waals surface area contributed by atoms with Crippen LogP contribution in [0.25, 0.3) is 0 Å². The summed E-state index contributed by atoms with van der Waals surface area (Å²) >= 11 is 0. The highest BCUT2D eigenvalue weighted by molar-refractivity contribution is 7.51. The van der Waals surface area contributed by atoms with Crippen LogP contribution in [-0.4, -0.2) is 32.5 Å². The van der Waals surface area contributed by atoms with Crippen molar-refractivity contribution in [2.75, 3.05) is 27.8 Å². The van der Waals surface area contributed by atoms with Gasteiger partial charge in [0.15, 0.2) is 0 Å². The quantitative estimate of drug-likeness (QED) is 0.468. The van der Waals surface area contributed by atoms with Crippen molar-refractivity contribution < 1.29 is 13.6 Å². The second-order valence-electron chi connectivity index (χ2n) is 3.28. The van der Waals surface area contributed by atoms with Gasteiger partial charge in [0, 0.05) is 20.8 Å². The van der Waals surface area contributed by atoms with E-state index in [4.69, 9.17) is 9.05 Å². The zero-order valence-corrected chi connectivity index (χ0v) is 10.5. The van der Waals surface area contributed by atoms with Crippen LogP contribution in [0.3, 0.4) is 0 Å². The number of unbranched alkanes of at least 4 members (excludes halogenated alkanes) is 3. The Morgan fingerprint density at radius 1 is 1.14 bits per heavy atom. The van der Waals surface area contributed by atoms with E-state index in [2.05, 4.69) is 6.92 Å². The zero-order valence-electron chi connectivity index (χ0n) is 9.65. The van der Waals surface area contributed by atoms with Crippen molar-refractivity contribution in [2.24, 2.45) is 0 Å². The van der Waals surface area contributed by atoms with Crippen molar-refractivity contribution >= 4 is 7.75 Å². The number of hydrogen-bond donors (Lipinski definition) is 0. The second-order valence-corrected chi connectivity index (χ2v) is 5.63.